The van der Waals surface area contributed by atoms with E-state index in [1.807, 2.05) is 0 Å². The zero-order chi connectivity index (χ0) is 15.4. The van der Waals surface area contributed by atoms with Gasteiger partial charge in [0.05, 0.1) is 5.69 Å². The molecule has 2 aromatic carbocycles. The zero-order valence-electron chi connectivity index (χ0n) is 10.8. The number of nitrogens with one attached hydrogen (secondary N) is 2. The van der Waals surface area contributed by atoms with Gasteiger partial charge in [0, 0.05) is 17.6 Å². The first kappa shape index (κ1) is 15.1. The van der Waals surface area contributed by atoms with Crippen LogP contribution in [-0.2, 0) is 6.54 Å². The number of amides is 2. The molecule has 0 saturated carbocycles. The number of hydrogen-bond donors (Lipinski definition) is 3. The third-order valence-corrected chi connectivity index (χ3v) is 2.90. The lowest BCUT2D eigenvalue weighted by Crippen LogP contribution is -2.29. The Labute approximate surface area is 124 Å². The largest absolute Gasteiger partial charge is 0.397 e. The third kappa shape index (κ3) is 4.06. The van der Waals surface area contributed by atoms with Crippen molar-refractivity contribution in [2.75, 3.05) is 11.1 Å². The quantitative estimate of drug-likeness (QED) is 0.759. The lowest BCUT2D eigenvalue weighted by atomic mass is 10.2. The summed E-state index contributed by atoms with van der Waals surface area (Å²) < 4.78 is 26.4. The van der Waals surface area contributed by atoms with E-state index in [4.69, 9.17) is 17.3 Å². The van der Waals surface area contributed by atoms with Gasteiger partial charge in [-0.05, 0) is 23.8 Å². The molecule has 0 aliphatic carbocycles. The van der Waals surface area contributed by atoms with Crippen LogP contribution in [-0.4, -0.2) is 6.03 Å². The van der Waals surface area contributed by atoms with Gasteiger partial charge >= 0.3 is 6.03 Å². The van der Waals surface area contributed by atoms with Crippen LogP contribution in [0.15, 0.2) is 36.4 Å². The van der Waals surface area contributed by atoms with E-state index in [-0.39, 0.29) is 17.9 Å². The van der Waals surface area contributed by atoms with Crippen molar-refractivity contribution in [1.29, 1.82) is 0 Å². The first-order chi connectivity index (χ1) is 9.95. The van der Waals surface area contributed by atoms with E-state index in [9.17, 15) is 13.6 Å². The highest BCUT2D eigenvalue weighted by Gasteiger charge is 2.12. The minimum Gasteiger partial charge on any atom is -0.397 e. The number of halogens is 3. The molecule has 0 aliphatic heterocycles. The van der Waals surface area contributed by atoms with Gasteiger partial charge in [-0.3, -0.25) is 0 Å². The molecule has 0 spiro atoms. The number of rotatable bonds is 3. The summed E-state index contributed by atoms with van der Waals surface area (Å²) in [5, 5.41) is 5.30. The van der Waals surface area contributed by atoms with Crippen molar-refractivity contribution in [2.24, 2.45) is 0 Å². The fraction of sp³-hybridized carbons (Fsp3) is 0.0714. The van der Waals surface area contributed by atoms with Crippen LogP contribution in [0.1, 0.15) is 5.56 Å². The second kappa shape index (κ2) is 6.41. The Morgan fingerprint density at radius 1 is 1.24 bits per heavy atom. The number of carbonyl (C=O) groups excluding carboxylic acids is 1. The van der Waals surface area contributed by atoms with Gasteiger partial charge in [-0.15, -0.1) is 0 Å². The summed E-state index contributed by atoms with van der Waals surface area (Å²) in [6.07, 6.45) is 0. The van der Waals surface area contributed by atoms with E-state index in [2.05, 4.69) is 10.6 Å². The number of benzene rings is 2. The summed E-state index contributed by atoms with van der Waals surface area (Å²) in [4.78, 5) is 11.7. The van der Waals surface area contributed by atoms with Crippen LogP contribution in [0, 0.1) is 11.6 Å². The van der Waals surface area contributed by atoms with Gasteiger partial charge in [0.2, 0.25) is 0 Å². The number of nitrogens with two attached hydrogens (primary N) is 1. The fourth-order valence-corrected chi connectivity index (χ4v) is 1.93. The Bertz CT molecular complexity index is 656. The van der Waals surface area contributed by atoms with Crippen molar-refractivity contribution in [2.45, 2.75) is 6.54 Å². The number of hydrogen-bond acceptors (Lipinski definition) is 2. The molecule has 4 N–H and O–H groups in total. The van der Waals surface area contributed by atoms with Crippen molar-refractivity contribution in [3.05, 3.63) is 58.6 Å². The molecule has 21 heavy (non-hydrogen) atoms. The minimum absolute atomic E-state index is 0.189. The lowest BCUT2D eigenvalue weighted by Gasteiger charge is -2.11. The maximum Gasteiger partial charge on any atom is 0.319 e. The standard InChI is InChI=1S/C14H12ClF2N3O/c15-9-3-1-2-8(4-9)7-19-14(21)20-13-11(17)5-10(16)6-12(13)18/h1-6H,7,18H2,(H2,19,20,21). The van der Waals surface area contributed by atoms with Crippen molar-refractivity contribution in [3.8, 4) is 0 Å². The molecule has 0 atom stereocenters. The molecule has 7 heteroatoms. The summed E-state index contributed by atoms with van der Waals surface area (Å²) in [6.45, 7) is 0.203. The van der Waals surface area contributed by atoms with Gasteiger partial charge in [-0.1, -0.05) is 23.7 Å². The number of nitrogen functional groups attached to an aromatic ring is 1. The molecular weight excluding hydrogens is 300 g/mol. The molecule has 0 fully saturated rings. The Morgan fingerprint density at radius 3 is 2.67 bits per heavy atom. The van der Waals surface area contributed by atoms with Crippen LogP contribution >= 0.6 is 11.6 Å². The zero-order valence-corrected chi connectivity index (χ0v) is 11.5. The molecule has 0 radical (unpaired) electrons. The highest BCUT2D eigenvalue weighted by Crippen LogP contribution is 2.23. The second-order valence-electron chi connectivity index (χ2n) is 4.29. The van der Waals surface area contributed by atoms with E-state index in [1.54, 1.807) is 24.3 Å². The maximum atomic E-state index is 13.5. The molecule has 0 bridgehead atoms. The monoisotopic (exact) mass is 311 g/mol. The third-order valence-electron chi connectivity index (χ3n) is 2.67. The Hall–Kier alpha value is -2.34. The fourth-order valence-electron chi connectivity index (χ4n) is 1.71. The normalized spacial score (nSPS) is 10.2. The van der Waals surface area contributed by atoms with Crippen molar-refractivity contribution < 1.29 is 13.6 Å². The van der Waals surface area contributed by atoms with E-state index in [1.165, 1.54) is 0 Å². The van der Waals surface area contributed by atoms with Gasteiger partial charge in [0.25, 0.3) is 0 Å². The molecule has 2 aromatic rings. The van der Waals surface area contributed by atoms with Crippen LogP contribution in [0.25, 0.3) is 0 Å². The van der Waals surface area contributed by atoms with Gasteiger partial charge in [-0.2, -0.15) is 0 Å². The topological polar surface area (TPSA) is 67.1 Å². The predicted molar refractivity (Wildman–Crippen MR) is 78.1 cm³/mol. The minimum atomic E-state index is -0.939. The van der Waals surface area contributed by atoms with Gasteiger partial charge in [0.1, 0.15) is 11.5 Å². The SMILES string of the molecule is Nc1cc(F)cc(F)c1NC(=O)NCc1cccc(Cl)c1. The number of carbonyl (C=O) groups is 1. The first-order valence-electron chi connectivity index (χ1n) is 5.99. The molecule has 0 saturated heterocycles. The maximum absolute atomic E-state index is 13.5. The van der Waals surface area contributed by atoms with Gasteiger partial charge in [-0.25, -0.2) is 13.6 Å². The Balaban J connectivity index is 1.99. The average molecular weight is 312 g/mol. The van der Waals surface area contributed by atoms with Crippen LogP contribution < -0.4 is 16.4 Å². The average Bonchev–Trinajstić information content (AvgIpc) is 2.40. The molecule has 2 amide bonds. The van der Waals surface area contributed by atoms with Crippen LogP contribution in [0.4, 0.5) is 25.0 Å². The van der Waals surface area contributed by atoms with E-state index in [0.29, 0.717) is 11.1 Å². The molecule has 4 nitrogen and oxygen atoms in total. The van der Waals surface area contributed by atoms with Crippen LogP contribution in [0.5, 0.6) is 0 Å². The Morgan fingerprint density at radius 2 is 2.00 bits per heavy atom. The number of urea groups is 1. The molecule has 0 unspecified atom stereocenters. The predicted octanol–water partition coefficient (Wildman–Crippen LogP) is 3.52. The Kier molecular flexibility index (Phi) is 4.59. The van der Waals surface area contributed by atoms with Crippen LogP contribution in [0.2, 0.25) is 5.02 Å². The molecular formula is C14H12ClF2N3O. The van der Waals surface area contributed by atoms with Crippen molar-refractivity contribution in [1.82, 2.24) is 5.32 Å². The highest BCUT2D eigenvalue weighted by atomic mass is 35.5. The molecule has 110 valence electrons. The lowest BCUT2D eigenvalue weighted by molar-refractivity contribution is 0.251. The summed E-state index contributed by atoms with van der Waals surface area (Å²) in [7, 11) is 0. The molecule has 0 heterocycles. The van der Waals surface area contributed by atoms with Crippen LogP contribution in [0.3, 0.4) is 0 Å². The summed E-state index contributed by atoms with van der Waals surface area (Å²) >= 11 is 5.82. The molecule has 2 rings (SSSR count). The van der Waals surface area contributed by atoms with Gasteiger partial charge < -0.3 is 16.4 Å². The van der Waals surface area contributed by atoms with Gasteiger partial charge in [0.15, 0.2) is 5.82 Å². The number of anilines is 2. The van der Waals surface area contributed by atoms with Crippen molar-refractivity contribution in [3.63, 3.8) is 0 Å². The van der Waals surface area contributed by atoms with E-state index < -0.39 is 17.7 Å². The molecule has 0 aliphatic rings. The molecule has 0 aromatic heterocycles. The van der Waals surface area contributed by atoms with E-state index >= 15 is 0 Å². The smallest absolute Gasteiger partial charge is 0.319 e. The summed E-state index contributed by atoms with van der Waals surface area (Å²) in [6, 6.07) is 7.83. The highest BCUT2D eigenvalue weighted by molar-refractivity contribution is 6.30. The summed E-state index contributed by atoms with van der Waals surface area (Å²) in [5.74, 6) is -1.75. The van der Waals surface area contributed by atoms with Crippen molar-refractivity contribution >= 4 is 29.0 Å². The van der Waals surface area contributed by atoms with E-state index in [0.717, 1.165) is 11.6 Å². The first-order valence-corrected chi connectivity index (χ1v) is 6.37. The summed E-state index contributed by atoms with van der Waals surface area (Å²) in [5.41, 5.74) is 5.79. The second-order valence-corrected chi connectivity index (χ2v) is 4.73.